The van der Waals surface area contributed by atoms with Gasteiger partial charge >= 0.3 is 11.8 Å². The third kappa shape index (κ3) is 7.36. The lowest BCUT2D eigenvalue weighted by Gasteiger charge is -2.11. The van der Waals surface area contributed by atoms with E-state index < -0.39 is 23.5 Å². The number of hydrogen-bond donors (Lipinski definition) is 3. The minimum absolute atomic E-state index is 0.112. The normalized spacial score (nSPS) is 11.7. The maximum atomic E-state index is 13.3. The van der Waals surface area contributed by atoms with Crippen LogP contribution in [-0.2, 0) is 20.9 Å². The molecule has 0 aliphatic carbocycles. The van der Waals surface area contributed by atoms with E-state index in [0.717, 1.165) is 11.6 Å². The molecule has 11 nitrogen and oxygen atoms in total. The first kappa shape index (κ1) is 27.2. The van der Waals surface area contributed by atoms with Crippen molar-refractivity contribution in [2.24, 2.45) is 5.10 Å². The predicted molar refractivity (Wildman–Crippen MR) is 139 cm³/mol. The lowest BCUT2D eigenvalue weighted by Crippen LogP contribution is -2.37. The molecule has 0 saturated carbocycles. The molecular formula is C26H22ClFN4O7. The molecule has 3 aromatic rings. The summed E-state index contributed by atoms with van der Waals surface area (Å²) in [5, 5.41) is 8.70. The van der Waals surface area contributed by atoms with Crippen LogP contribution in [0.4, 0.5) is 10.1 Å². The van der Waals surface area contributed by atoms with Gasteiger partial charge < -0.3 is 29.6 Å². The number of amides is 3. The molecule has 3 amide bonds. The number of nitrogens with zero attached hydrogens (tertiary/aromatic N) is 1. The minimum atomic E-state index is -0.952. The molecule has 1 heterocycles. The molecule has 0 saturated heterocycles. The highest BCUT2D eigenvalue weighted by Gasteiger charge is 2.16. The Kier molecular flexibility index (Phi) is 8.79. The number of carbonyl (C=O) groups excluding carboxylic acids is 3. The third-order valence-corrected chi connectivity index (χ3v) is 5.52. The molecule has 0 bridgehead atoms. The lowest BCUT2D eigenvalue weighted by atomic mass is 10.2. The van der Waals surface area contributed by atoms with Crippen LogP contribution in [0, 0.1) is 5.82 Å². The molecule has 0 unspecified atom stereocenters. The lowest BCUT2D eigenvalue weighted by molar-refractivity contribution is -0.139. The fourth-order valence-electron chi connectivity index (χ4n) is 3.33. The molecule has 4 rings (SSSR count). The number of hydrogen-bond acceptors (Lipinski definition) is 8. The largest absolute Gasteiger partial charge is 0.493 e. The molecule has 39 heavy (non-hydrogen) atoms. The van der Waals surface area contributed by atoms with E-state index in [-0.39, 0.29) is 30.7 Å². The van der Waals surface area contributed by atoms with Crippen molar-refractivity contribution in [3.05, 3.63) is 76.6 Å². The van der Waals surface area contributed by atoms with Crippen molar-refractivity contribution in [3.8, 4) is 23.0 Å². The summed E-state index contributed by atoms with van der Waals surface area (Å²) in [6, 6.07) is 13.7. The second kappa shape index (κ2) is 12.6. The van der Waals surface area contributed by atoms with E-state index in [2.05, 4.69) is 21.2 Å². The highest BCUT2D eigenvalue weighted by Crippen LogP contribution is 2.32. The van der Waals surface area contributed by atoms with E-state index >= 15 is 0 Å². The summed E-state index contributed by atoms with van der Waals surface area (Å²) in [5.41, 5.74) is 3.72. The number of ether oxygens (including phenoxy) is 4. The molecule has 0 radical (unpaired) electrons. The van der Waals surface area contributed by atoms with E-state index in [1.165, 1.54) is 25.5 Å². The van der Waals surface area contributed by atoms with Gasteiger partial charge in [0.2, 0.25) is 6.79 Å². The van der Waals surface area contributed by atoms with Crippen LogP contribution in [0.25, 0.3) is 0 Å². The maximum absolute atomic E-state index is 13.3. The number of carbonyl (C=O) groups is 3. The third-order valence-electron chi connectivity index (χ3n) is 5.23. The monoisotopic (exact) mass is 556 g/mol. The number of methoxy groups -OCH3 is 1. The Hall–Kier alpha value is -4.84. The first-order chi connectivity index (χ1) is 18.8. The fraction of sp³-hybridized carbons (Fsp3) is 0.154. The summed E-state index contributed by atoms with van der Waals surface area (Å²) >= 11 is 5.71. The van der Waals surface area contributed by atoms with Gasteiger partial charge in [-0.25, -0.2) is 9.82 Å². The standard InChI is InChI=1S/C26H22ClFN4O7/c1-36-22-8-16(3-6-20(22)37-13-24(33)31-17-4-5-19(28)18(27)10-17)12-30-32-26(35)25(34)29-11-15-2-7-21-23(9-15)39-14-38-21/h2-10,12H,11,13-14H2,1H3,(H,29,34)(H,31,33)(H,32,35)/b30-12-. The molecule has 202 valence electrons. The predicted octanol–water partition coefficient (Wildman–Crippen LogP) is 3.00. The topological polar surface area (TPSA) is 137 Å². The van der Waals surface area contributed by atoms with Crippen molar-refractivity contribution < 1.29 is 37.7 Å². The Bertz CT molecular complexity index is 1430. The second-order valence-corrected chi connectivity index (χ2v) is 8.35. The van der Waals surface area contributed by atoms with Crippen molar-refractivity contribution in [1.82, 2.24) is 10.7 Å². The molecule has 13 heteroatoms. The summed E-state index contributed by atoms with van der Waals surface area (Å²) in [4.78, 5) is 36.3. The summed E-state index contributed by atoms with van der Waals surface area (Å²) in [6.07, 6.45) is 1.31. The Morgan fingerprint density at radius 2 is 1.85 bits per heavy atom. The molecule has 0 aromatic heterocycles. The first-order valence-corrected chi connectivity index (χ1v) is 11.8. The van der Waals surface area contributed by atoms with Crippen molar-refractivity contribution in [2.45, 2.75) is 6.54 Å². The average molecular weight is 557 g/mol. The van der Waals surface area contributed by atoms with E-state index in [1.807, 2.05) is 0 Å². The van der Waals surface area contributed by atoms with Gasteiger partial charge in [-0.3, -0.25) is 14.4 Å². The van der Waals surface area contributed by atoms with Crippen molar-refractivity contribution >= 4 is 41.2 Å². The van der Waals surface area contributed by atoms with Crippen LogP contribution in [0.1, 0.15) is 11.1 Å². The van der Waals surface area contributed by atoms with Crippen molar-refractivity contribution in [3.63, 3.8) is 0 Å². The molecule has 0 atom stereocenters. The summed E-state index contributed by atoms with van der Waals surface area (Å²) < 4.78 is 34.6. The average Bonchev–Trinajstić information content (AvgIpc) is 3.41. The maximum Gasteiger partial charge on any atom is 0.329 e. The van der Waals surface area contributed by atoms with Gasteiger partial charge in [0.15, 0.2) is 29.6 Å². The van der Waals surface area contributed by atoms with Crippen LogP contribution in [0.15, 0.2) is 59.7 Å². The molecular weight excluding hydrogens is 535 g/mol. The van der Waals surface area contributed by atoms with Gasteiger partial charge in [-0.05, 0) is 59.7 Å². The van der Waals surface area contributed by atoms with E-state index in [9.17, 15) is 18.8 Å². The first-order valence-electron chi connectivity index (χ1n) is 11.4. The molecule has 1 aliphatic rings. The Morgan fingerprint density at radius 1 is 1.03 bits per heavy atom. The number of rotatable bonds is 9. The molecule has 1 aliphatic heterocycles. The van der Waals surface area contributed by atoms with Crippen molar-refractivity contribution in [1.29, 1.82) is 0 Å². The van der Waals surface area contributed by atoms with Gasteiger partial charge in [0.1, 0.15) is 5.82 Å². The molecule has 0 fully saturated rings. The zero-order valence-corrected chi connectivity index (χ0v) is 21.2. The van der Waals surface area contributed by atoms with Gasteiger partial charge in [-0.15, -0.1) is 0 Å². The number of halogens is 2. The zero-order valence-electron chi connectivity index (χ0n) is 20.5. The van der Waals surface area contributed by atoms with Gasteiger partial charge in [-0.2, -0.15) is 5.10 Å². The zero-order chi connectivity index (χ0) is 27.8. The molecule has 3 aromatic carbocycles. The smallest absolute Gasteiger partial charge is 0.329 e. The highest BCUT2D eigenvalue weighted by molar-refractivity contribution is 6.35. The summed E-state index contributed by atoms with van der Waals surface area (Å²) in [7, 11) is 1.41. The highest BCUT2D eigenvalue weighted by atomic mass is 35.5. The van der Waals surface area contributed by atoms with Gasteiger partial charge in [-0.1, -0.05) is 17.7 Å². The van der Waals surface area contributed by atoms with Crippen LogP contribution < -0.4 is 35.0 Å². The van der Waals surface area contributed by atoms with Crippen LogP contribution in [0.2, 0.25) is 5.02 Å². The van der Waals surface area contributed by atoms with E-state index in [1.54, 1.807) is 36.4 Å². The van der Waals surface area contributed by atoms with Crippen molar-refractivity contribution in [2.75, 3.05) is 25.8 Å². The quantitative estimate of drug-likeness (QED) is 0.209. The van der Waals surface area contributed by atoms with E-state index in [0.29, 0.717) is 28.5 Å². The van der Waals surface area contributed by atoms with Gasteiger partial charge in [0, 0.05) is 12.2 Å². The van der Waals surface area contributed by atoms with Crippen LogP contribution in [0.5, 0.6) is 23.0 Å². The molecule has 0 spiro atoms. The minimum Gasteiger partial charge on any atom is -0.493 e. The SMILES string of the molecule is COc1cc(/C=N\NC(=O)C(=O)NCc2ccc3c(c2)OCO3)ccc1OCC(=O)Nc1ccc(F)c(Cl)c1. The Morgan fingerprint density at radius 3 is 2.64 bits per heavy atom. The number of anilines is 1. The van der Waals surface area contributed by atoms with Gasteiger partial charge in [0.25, 0.3) is 5.91 Å². The van der Waals surface area contributed by atoms with E-state index in [4.69, 9.17) is 30.5 Å². The van der Waals surface area contributed by atoms with Gasteiger partial charge in [0.05, 0.1) is 18.3 Å². The Balaban J connectivity index is 1.25. The van der Waals surface area contributed by atoms with Crippen LogP contribution >= 0.6 is 11.6 Å². The second-order valence-electron chi connectivity index (χ2n) is 7.95. The molecule has 3 N–H and O–H groups in total. The van der Waals surface area contributed by atoms with Crippen LogP contribution in [0.3, 0.4) is 0 Å². The summed E-state index contributed by atoms with van der Waals surface area (Å²) in [5.74, 6) is -1.16. The number of hydrazone groups is 1. The number of nitrogens with one attached hydrogen (secondary N) is 3. The number of fused-ring (bicyclic) bond motifs is 1. The fourth-order valence-corrected chi connectivity index (χ4v) is 3.51. The Labute approximate surface area is 226 Å². The summed E-state index contributed by atoms with van der Waals surface area (Å²) in [6.45, 7) is -0.101. The van der Waals surface area contributed by atoms with Crippen LogP contribution in [-0.4, -0.2) is 44.4 Å². The number of benzene rings is 3.